The van der Waals surface area contributed by atoms with Crippen LogP contribution in [0.4, 0.5) is 0 Å². The van der Waals surface area contributed by atoms with Gasteiger partial charge in [0.1, 0.15) is 12.3 Å². The lowest BCUT2D eigenvalue weighted by Gasteiger charge is -2.14. The van der Waals surface area contributed by atoms with Gasteiger partial charge < -0.3 is 22.0 Å². The summed E-state index contributed by atoms with van der Waals surface area (Å²) in [5.74, 6) is 0.980. The fraction of sp³-hybridized carbons (Fsp3) is 0.462. The highest BCUT2D eigenvalue weighted by molar-refractivity contribution is 5.96. The maximum absolute atomic E-state index is 11.9. The molecule has 0 atom stereocenters. The lowest BCUT2D eigenvalue weighted by molar-refractivity contribution is -0.887. The zero-order valence-corrected chi connectivity index (χ0v) is 11.4. The number of rotatable bonds is 6. The van der Waals surface area contributed by atoms with Crippen LogP contribution in [0.5, 0.6) is 5.75 Å². The van der Waals surface area contributed by atoms with E-state index in [1.807, 2.05) is 24.3 Å². The minimum atomic E-state index is 0. The molecule has 1 aromatic carbocycles. The molecule has 0 aliphatic carbocycles. The fourth-order valence-corrected chi connectivity index (χ4v) is 1.61. The van der Waals surface area contributed by atoms with Crippen molar-refractivity contribution in [2.75, 3.05) is 26.7 Å². The molecule has 0 aliphatic rings. The Kier molecular flexibility index (Phi) is 7.59. The first-order valence-corrected chi connectivity index (χ1v) is 5.72. The van der Waals surface area contributed by atoms with E-state index in [4.69, 9.17) is 4.74 Å². The quantitative estimate of drug-likeness (QED) is 0.587. The second-order valence-electron chi connectivity index (χ2n) is 3.79. The number of benzene rings is 1. The third-order valence-corrected chi connectivity index (χ3v) is 2.82. The van der Waals surface area contributed by atoms with E-state index in [1.165, 1.54) is 4.90 Å². The lowest BCUT2D eigenvalue weighted by atomic mass is 10.1. The minimum absolute atomic E-state index is 0. The monoisotopic (exact) mass is 257 g/mol. The molecule has 0 aliphatic heterocycles. The van der Waals surface area contributed by atoms with Gasteiger partial charge in [0.25, 0.3) is 0 Å². The number of hydrogen-bond acceptors (Lipinski definition) is 2. The summed E-state index contributed by atoms with van der Waals surface area (Å²) in [5, 5.41) is 0. The molecule has 4 heteroatoms. The molecule has 0 spiro atoms. The predicted molar refractivity (Wildman–Crippen MR) is 64.2 cm³/mol. The van der Waals surface area contributed by atoms with Crippen molar-refractivity contribution >= 4 is 5.78 Å². The van der Waals surface area contributed by atoms with Crippen molar-refractivity contribution in [3.8, 4) is 5.75 Å². The normalized spacial score (nSPS) is 9.88. The van der Waals surface area contributed by atoms with Gasteiger partial charge in [-0.3, -0.25) is 4.79 Å². The molecule has 1 N–H and O–H groups in total. The van der Waals surface area contributed by atoms with Crippen molar-refractivity contribution in [2.24, 2.45) is 0 Å². The third kappa shape index (κ3) is 4.75. The standard InChI is InChI=1S/C13H19NO2.ClH/c1-4-14(5-2)10-13(15)11-6-8-12(16-3)9-7-11;/h6-9H,4-5,10H2,1-3H3;1H. The second-order valence-corrected chi connectivity index (χ2v) is 3.79. The Morgan fingerprint density at radius 1 is 1.18 bits per heavy atom. The number of nitrogens with one attached hydrogen (secondary N) is 1. The van der Waals surface area contributed by atoms with Crippen LogP contribution >= 0.6 is 0 Å². The SMILES string of the molecule is CC[NH+](CC)CC(=O)c1ccc(OC)cc1.[Cl-]. The average Bonchev–Trinajstić information content (AvgIpc) is 2.35. The lowest BCUT2D eigenvalue weighted by Crippen LogP contribution is -3.12. The molecule has 0 aromatic heterocycles. The molecule has 0 heterocycles. The van der Waals surface area contributed by atoms with Gasteiger partial charge in [0.15, 0.2) is 0 Å². The minimum Gasteiger partial charge on any atom is -1.00 e. The highest BCUT2D eigenvalue weighted by atomic mass is 35.5. The van der Waals surface area contributed by atoms with Crippen LogP contribution in [0.15, 0.2) is 24.3 Å². The topological polar surface area (TPSA) is 30.7 Å². The van der Waals surface area contributed by atoms with E-state index in [0.717, 1.165) is 24.4 Å². The van der Waals surface area contributed by atoms with Crippen LogP contribution in [0.1, 0.15) is 24.2 Å². The molecular weight excluding hydrogens is 238 g/mol. The Morgan fingerprint density at radius 3 is 2.12 bits per heavy atom. The van der Waals surface area contributed by atoms with E-state index >= 15 is 0 Å². The number of ketones is 1. The fourth-order valence-electron chi connectivity index (χ4n) is 1.61. The Labute approximate surface area is 109 Å². The first-order valence-electron chi connectivity index (χ1n) is 5.72. The first kappa shape index (κ1) is 15.9. The van der Waals surface area contributed by atoms with Gasteiger partial charge >= 0.3 is 0 Å². The van der Waals surface area contributed by atoms with Gasteiger partial charge in [0.2, 0.25) is 5.78 Å². The summed E-state index contributed by atoms with van der Waals surface area (Å²) in [7, 11) is 1.62. The number of likely N-dealkylation sites (N-methyl/N-ethyl adjacent to an activating group) is 1. The smallest absolute Gasteiger partial charge is 0.216 e. The first-order chi connectivity index (χ1) is 7.71. The Balaban J connectivity index is 0.00000256. The molecule has 0 bridgehead atoms. The number of hydrogen-bond donors (Lipinski definition) is 1. The van der Waals surface area contributed by atoms with Crippen LogP contribution in [-0.4, -0.2) is 32.5 Å². The Bertz CT molecular complexity index is 334. The van der Waals surface area contributed by atoms with E-state index in [0.29, 0.717) is 6.54 Å². The summed E-state index contributed by atoms with van der Waals surface area (Å²) in [6.07, 6.45) is 0. The average molecular weight is 258 g/mol. The second kappa shape index (κ2) is 8.09. The maximum Gasteiger partial charge on any atom is 0.216 e. The Morgan fingerprint density at radius 2 is 1.71 bits per heavy atom. The van der Waals surface area contributed by atoms with Crippen LogP contribution < -0.4 is 22.0 Å². The van der Waals surface area contributed by atoms with Gasteiger partial charge in [-0.25, -0.2) is 0 Å². The molecule has 3 nitrogen and oxygen atoms in total. The van der Waals surface area contributed by atoms with Crippen molar-refractivity contribution in [1.29, 1.82) is 0 Å². The third-order valence-electron chi connectivity index (χ3n) is 2.82. The summed E-state index contributed by atoms with van der Waals surface area (Å²) in [4.78, 5) is 13.2. The van der Waals surface area contributed by atoms with Gasteiger partial charge in [-0.15, -0.1) is 0 Å². The highest BCUT2D eigenvalue weighted by Crippen LogP contribution is 2.11. The summed E-state index contributed by atoms with van der Waals surface area (Å²) in [6, 6.07) is 7.30. The van der Waals surface area contributed by atoms with Crippen LogP contribution in [-0.2, 0) is 0 Å². The molecule has 0 unspecified atom stereocenters. The molecule has 0 saturated heterocycles. The zero-order chi connectivity index (χ0) is 12.0. The molecule has 0 saturated carbocycles. The zero-order valence-electron chi connectivity index (χ0n) is 10.6. The summed E-state index contributed by atoms with van der Waals surface area (Å²) in [6.45, 7) is 6.73. The van der Waals surface area contributed by atoms with Gasteiger partial charge in [-0.05, 0) is 38.1 Å². The van der Waals surface area contributed by atoms with Crippen LogP contribution in [0, 0.1) is 0 Å². The van der Waals surface area contributed by atoms with Crippen molar-refractivity contribution in [3.05, 3.63) is 29.8 Å². The molecule has 1 aromatic rings. The van der Waals surface area contributed by atoms with E-state index in [2.05, 4.69) is 13.8 Å². The predicted octanol–water partition coefficient (Wildman–Crippen LogP) is -2.19. The Hall–Kier alpha value is -1.06. The number of quaternary nitrogens is 1. The van der Waals surface area contributed by atoms with E-state index in [9.17, 15) is 4.79 Å². The summed E-state index contributed by atoms with van der Waals surface area (Å²) < 4.78 is 5.06. The number of methoxy groups -OCH3 is 1. The maximum atomic E-state index is 11.9. The highest BCUT2D eigenvalue weighted by Gasteiger charge is 2.12. The molecule has 0 fully saturated rings. The van der Waals surface area contributed by atoms with Crippen molar-refractivity contribution in [2.45, 2.75) is 13.8 Å². The van der Waals surface area contributed by atoms with Gasteiger partial charge in [-0.2, -0.15) is 0 Å². The van der Waals surface area contributed by atoms with Crippen molar-refractivity contribution in [3.63, 3.8) is 0 Å². The molecule has 17 heavy (non-hydrogen) atoms. The molecule has 1 rings (SSSR count). The number of Topliss-reactive ketones (excluding diaryl/α,β-unsaturated/α-hetero) is 1. The number of carbonyl (C=O) groups is 1. The van der Waals surface area contributed by atoms with Gasteiger partial charge in [0.05, 0.1) is 20.2 Å². The molecular formula is C13H20ClNO2. The van der Waals surface area contributed by atoms with E-state index < -0.39 is 0 Å². The van der Waals surface area contributed by atoms with E-state index in [1.54, 1.807) is 7.11 Å². The number of halogens is 1. The van der Waals surface area contributed by atoms with Crippen LogP contribution in [0.3, 0.4) is 0 Å². The largest absolute Gasteiger partial charge is 1.00 e. The molecule has 0 radical (unpaired) electrons. The van der Waals surface area contributed by atoms with Crippen molar-refractivity contribution in [1.82, 2.24) is 0 Å². The van der Waals surface area contributed by atoms with Crippen LogP contribution in [0.25, 0.3) is 0 Å². The number of carbonyl (C=O) groups excluding carboxylic acids is 1. The van der Waals surface area contributed by atoms with Crippen molar-refractivity contribution < 1.29 is 26.8 Å². The van der Waals surface area contributed by atoms with Gasteiger partial charge in [-0.1, -0.05) is 0 Å². The van der Waals surface area contributed by atoms with Gasteiger partial charge in [0, 0.05) is 5.56 Å². The molecule has 96 valence electrons. The molecule has 0 amide bonds. The summed E-state index contributed by atoms with van der Waals surface area (Å²) in [5.41, 5.74) is 0.764. The number of ether oxygens (including phenoxy) is 1. The van der Waals surface area contributed by atoms with E-state index in [-0.39, 0.29) is 18.2 Å². The summed E-state index contributed by atoms with van der Waals surface area (Å²) >= 11 is 0. The van der Waals surface area contributed by atoms with Crippen LogP contribution in [0.2, 0.25) is 0 Å².